The molecule has 1 aliphatic heterocycles. The van der Waals surface area contributed by atoms with Gasteiger partial charge in [-0.15, -0.1) is 0 Å². The van der Waals surface area contributed by atoms with Crippen LogP contribution in [0.1, 0.15) is 28.8 Å². The largest absolute Gasteiger partial charge is 0.372 e. The number of benzene rings is 3. The van der Waals surface area contributed by atoms with Gasteiger partial charge in [-0.05, 0) is 79.1 Å². The molecule has 1 aliphatic rings. The van der Waals surface area contributed by atoms with Crippen molar-refractivity contribution in [1.29, 1.82) is 0 Å². The summed E-state index contributed by atoms with van der Waals surface area (Å²) in [6, 6.07) is 19.8. The minimum atomic E-state index is -3.58. The molecule has 4 rings (SSSR count). The Hall–Kier alpha value is -3.39. The number of amides is 1. The molecule has 0 aromatic heterocycles. The van der Waals surface area contributed by atoms with Gasteiger partial charge >= 0.3 is 0 Å². The second kappa shape index (κ2) is 9.62. The summed E-state index contributed by atoms with van der Waals surface area (Å²) in [5.41, 5.74) is 3.34. The Morgan fingerprint density at radius 3 is 2.12 bits per heavy atom. The summed E-state index contributed by atoms with van der Waals surface area (Å²) >= 11 is 0. The molecule has 33 heavy (non-hydrogen) atoms. The van der Waals surface area contributed by atoms with Crippen molar-refractivity contribution in [1.82, 2.24) is 0 Å². The van der Waals surface area contributed by atoms with Crippen molar-refractivity contribution in [3.05, 3.63) is 89.7 Å². The molecular formula is C25H26FN3O3S. The lowest BCUT2D eigenvalue weighted by Gasteiger charge is -2.22. The zero-order valence-electron chi connectivity index (χ0n) is 18.4. The van der Waals surface area contributed by atoms with Crippen LogP contribution in [-0.4, -0.2) is 33.7 Å². The van der Waals surface area contributed by atoms with E-state index in [1.807, 2.05) is 24.3 Å². The fourth-order valence-electron chi connectivity index (χ4n) is 3.87. The second-order valence-electron chi connectivity index (χ2n) is 8.14. The molecule has 0 unspecified atom stereocenters. The summed E-state index contributed by atoms with van der Waals surface area (Å²) in [5, 5.41) is 2.88. The maximum Gasteiger partial charge on any atom is 0.255 e. The minimum absolute atomic E-state index is 0.0635. The summed E-state index contributed by atoms with van der Waals surface area (Å²) in [4.78, 5) is 15.0. The van der Waals surface area contributed by atoms with Crippen molar-refractivity contribution < 1.29 is 17.6 Å². The molecule has 1 fully saturated rings. The maximum atomic E-state index is 13.2. The summed E-state index contributed by atoms with van der Waals surface area (Å²) < 4.78 is 39.1. The zero-order chi connectivity index (χ0) is 23.4. The molecule has 1 N–H and O–H groups in total. The van der Waals surface area contributed by atoms with Crippen molar-refractivity contribution in [3.63, 3.8) is 0 Å². The van der Waals surface area contributed by atoms with Crippen molar-refractivity contribution in [2.45, 2.75) is 19.4 Å². The Morgan fingerprint density at radius 1 is 0.939 bits per heavy atom. The van der Waals surface area contributed by atoms with Gasteiger partial charge < -0.3 is 10.2 Å². The van der Waals surface area contributed by atoms with Crippen LogP contribution in [0, 0.1) is 5.82 Å². The molecule has 0 aliphatic carbocycles. The van der Waals surface area contributed by atoms with Gasteiger partial charge in [-0.2, -0.15) is 0 Å². The molecule has 3 aromatic carbocycles. The number of halogens is 1. The Labute approximate surface area is 193 Å². The molecule has 1 amide bonds. The number of anilines is 3. The van der Waals surface area contributed by atoms with Gasteiger partial charge in [0.1, 0.15) is 5.82 Å². The van der Waals surface area contributed by atoms with Crippen LogP contribution in [0.15, 0.2) is 72.8 Å². The molecule has 0 saturated carbocycles. The van der Waals surface area contributed by atoms with Crippen LogP contribution >= 0.6 is 0 Å². The normalized spacial score (nSPS) is 13.7. The molecular weight excluding hydrogens is 441 g/mol. The highest BCUT2D eigenvalue weighted by Crippen LogP contribution is 2.24. The molecule has 1 saturated heterocycles. The van der Waals surface area contributed by atoms with Crippen LogP contribution in [0.25, 0.3) is 0 Å². The SMILES string of the molecule is CS(=O)(=O)N(Cc1ccc(F)cc1)c1ccc(C(=O)Nc2ccc(N3CCCC3)cc2)cc1. The van der Waals surface area contributed by atoms with E-state index in [1.54, 1.807) is 36.4 Å². The van der Waals surface area contributed by atoms with Gasteiger partial charge in [0.25, 0.3) is 5.91 Å². The van der Waals surface area contributed by atoms with Gasteiger partial charge in [-0.3, -0.25) is 9.10 Å². The number of rotatable bonds is 7. The van der Waals surface area contributed by atoms with Crippen LogP contribution in [0.3, 0.4) is 0 Å². The van der Waals surface area contributed by atoms with Gasteiger partial charge in [0, 0.05) is 30.0 Å². The Bertz CT molecular complexity index is 1210. The number of hydrogen-bond donors (Lipinski definition) is 1. The first-order valence-electron chi connectivity index (χ1n) is 10.8. The Kier molecular flexibility index (Phi) is 6.65. The van der Waals surface area contributed by atoms with Crippen LogP contribution in [-0.2, 0) is 16.6 Å². The fourth-order valence-corrected chi connectivity index (χ4v) is 4.76. The summed E-state index contributed by atoms with van der Waals surface area (Å²) in [6.45, 7) is 2.18. The number of sulfonamides is 1. The highest BCUT2D eigenvalue weighted by atomic mass is 32.2. The minimum Gasteiger partial charge on any atom is -0.372 e. The van der Waals surface area contributed by atoms with E-state index >= 15 is 0 Å². The van der Waals surface area contributed by atoms with Crippen molar-refractivity contribution in [2.24, 2.45) is 0 Å². The van der Waals surface area contributed by atoms with Gasteiger partial charge in [0.15, 0.2) is 0 Å². The quantitative estimate of drug-likeness (QED) is 0.549. The third-order valence-corrected chi connectivity index (χ3v) is 6.79. The molecule has 3 aromatic rings. The van der Waals surface area contributed by atoms with E-state index in [0.29, 0.717) is 22.5 Å². The number of nitrogens with zero attached hydrogens (tertiary/aromatic N) is 2. The van der Waals surface area contributed by atoms with Crippen molar-refractivity contribution >= 4 is 33.0 Å². The third-order valence-electron chi connectivity index (χ3n) is 5.65. The topological polar surface area (TPSA) is 69.7 Å². The first-order valence-corrected chi connectivity index (χ1v) is 12.6. The van der Waals surface area contributed by atoms with E-state index in [0.717, 1.165) is 25.0 Å². The predicted molar refractivity (Wildman–Crippen MR) is 130 cm³/mol. The Balaban J connectivity index is 1.45. The lowest BCUT2D eigenvalue weighted by Crippen LogP contribution is -2.29. The molecule has 0 atom stereocenters. The van der Waals surface area contributed by atoms with Crippen LogP contribution in [0.4, 0.5) is 21.5 Å². The number of carbonyl (C=O) groups excluding carboxylic acids is 1. The highest BCUT2D eigenvalue weighted by Gasteiger charge is 2.19. The number of carbonyl (C=O) groups is 1. The van der Waals surface area contributed by atoms with E-state index in [4.69, 9.17) is 0 Å². The lowest BCUT2D eigenvalue weighted by molar-refractivity contribution is 0.102. The van der Waals surface area contributed by atoms with Crippen molar-refractivity contribution in [3.8, 4) is 0 Å². The molecule has 8 heteroatoms. The van der Waals surface area contributed by atoms with Gasteiger partial charge in [0.05, 0.1) is 18.5 Å². The van der Waals surface area contributed by atoms with Crippen LogP contribution in [0.5, 0.6) is 0 Å². The van der Waals surface area contributed by atoms with Gasteiger partial charge in [0.2, 0.25) is 10.0 Å². The smallest absolute Gasteiger partial charge is 0.255 e. The maximum absolute atomic E-state index is 13.2. The van der Waals surface area contributed by atoms with E-state index in [9.17, 15) is 17.6 Å². The highest BCUT2D eigenvalue weighted by molar-refractivity contribution is 7.92. The average Bonchev–Trinajstić information content (AvgIpc) is 3.33. The second-order valence-corrected chi connectivity index (χ2v) is 10.0. The first kappa shape index (κ1) is 22.8. The monoisotopic (exact) mass is 467 g/mol. The molecule has 0 bridgehead atoms. The number of nitrogens with one attached hydrogen (secondary N) is 1. The summed E-state index contributed by atoms with van der Waals surface area (Å²) in [7, 11) is -3.58. The summed E-state index contributed by atoms with van der Waals surface area (Å²) in [6.07, 6.45) is 3.52. The molecule has 172 valence electrons. The first-order chi connectivity index (χ1) is 15.8. The fraction of sp³-hybridized carbons (Fsp3) is 0.240. The van der Waals surface area contributed by atoms with Gasteiger partial charge in [-0.25, -0.2) is 12.8 Å². The van der Waals surface area contributed by atoms with E-state index in [1.165, 1.54) is 29.3 Å². The van der Waals surface area contributed by atoms with Crippen LogP contribution < -0.4 is 14.5 Å². The molecule has 0 radical (unpaired) electrons. The lowest BCUT2D eigenvalue weighted by atomic mass is 10.1. The molecule has 0 spiro atoms. The molecule has 6 nitrogen and oxygen atoms in total. The van der Waals surface area contributed by atoms with Crippen molar-refractivity contribution in [2.75, 3.05) is 33.9 Å². The Morgan fingerprint density at radius 2 is 1.55 bits per heavy atom. The van der Waals surface area contributed by atoms with Crippen LogP contribution in [0.2, 0.25) is 0 Å². The standard InChI is InChI=1S/C25H26FN3O3S/c1-33(31,32)29(18-19-4-8-21(26)9-5-19)24-12-6-20(7-13-24)25(30)27-22-10-14-23(15-11-22)28-16-2-3-17-28/h4-15H,2-3,16-18H2,1H3,(H,27,30). The molecule has 1 heterocycles. The van der Waals surface area contributed by atoms with E-state index in [2.05, 4.69) is 10.2 Å². The van der Waals surface area contributed by atoms with E-state index < -0.39 is 10.0 Å². The summed E-state index contributed by atoms with van der Waals surface area (Å²) in [5.74, 6) is -0.661. The third kappa shape index (κ3) is 5.70. The van der Waals surface area contributed by atoms with E-state index in [-0.39, 0.29) is 18.3 Å². The van der Waals surface area contributed by atoms with Gasteiger partial charge in [-0.1, -0.05) is 12.1 Å². The average molecular weight is 468 g/mol. The zero-order valence-corrected chi connectivity index (χ0v) is 19.2. The number of hydrogen-bond acceptors (Lipinski definition) is 4. The predicted octanol–water partition coefficient (Wildman–Crippen LogP) is 4.64.